The third kappa shape index (κ3) is 3.67. The molecule has 6 rings (SSSR count). The number of esters is 1. The van der Waals surface area contributed by atoms with E-state index >= 15 is 0 Å². The van der Waals surface area contributed by atoms with Gasteiger partial charge in [-0.1, -0.05) is 78.1 Å². The predicted octanol–water partition coefficient (Wildman–Crippen LogP) is 4.11. The van der Waals surface area contributed by atoms with E-state index in [-0.39, 0.29) is 17.6 Å². The molecule has 3 aromatic carbocycles. The fourth-order valence-corrected chi connectivity index (χ4v) is 5.94. The van der Waals surface area contributed by atoms with Gasteiger partial charge in [-0.15, -0.1) is 0 Å². The minimum absolute atomic E-state index is 0.0509. The number of carbonyl (C=O) groups excluding carboxylic acids is 1. The molecule has 4 aromatic rings. The van der Waals surface area contributed by atoms with Gasteiger partial charge in [-0.25, -0.2) is 9.79 Å². The second kappa shape index (κ2) is 8.64. The van der Waals surface area contributed by atoms with Crippen molar-refractivity contribution in [3.63, 3.8) is 0 Å². The largest absolute Gasteiger partial charge is 0.465 e. The third-order valence-corrected chi connectivity index (χ3v) is 7.60. The van der Waals surface area contributed by atoms with Gasteiger partial charge in [0, 0.05) is 5.56 Å². The molecular weight excluding hydrogens is 456 g/mol. The molecule has 5 nitrogen and oxygen atoms in total. The fraction of sp³-hybridized carbons (Fsp3) is 0.138. The van der Waals surface area contributed by atoms with Crippen LogP contribution < -0.4 is 14.9 Å². The highest BCUT2D eigenvalue weighted by molar-refractivity contribution is 7.07. The Morgan fingerprint density at radius 3 is 2.51 bits per heavy atom. The SMILES string of the molecule is COC(=O)c1ccc(C2C3=C(N=c4sc(=Cc5ccccc5)c(=O)n42)c2ccccc2CC3)cc1. The van der Waals surface area contributed by atoms with Crippen molar-refractivity contribution in [3.05, 3.63) is 132 Å². The van der Waals surface area contributed by atoms with Crippen LogP contribution in [0.15, 0.2) is 94.2 Å². The molecule has 0 fully saturated rings. The van der Waals surface area contributed by atoms with Gasteiger partial charge in [0.05, 0.1) is 28.9 Å². The monoisotopic (exact) mass is 478 g/mol. The van der Waals surface area contributed by atoms with Crippen LogP contribution in [0.2, 0.25) is 0 Å². The number of aryl methyl sites for hydroxylation is 1. The van der Waals surface area contributed by atoms with E-state index in [1.807, 2.05) is 59.2 Å². The van der Waals surface area contributed by atoms with Gasteiger partial charge in [-0.3, -0.25) is 9.36 Å². The summed E-state index contributed by atoms with van der Waals surface area (Å²) >= 11 is 1.42. The van der Waals surface area contributed by atoms with E-state index in [0.717, 1.165) is 40.8 Å². The number of allylic oxidation sites excluding steroid dienone is 1. The molecule has 0 spiro atoms. The summed E-state index contributed by atoms with van der Waals surface area (Å²) < 4.78 is 7.33. The van der Waals surface area contributed by atoms with E-state index in [1.165, 1.54) is 24.0 Å². The van der Waals surface area contributed by atoms with E-state index < -0.39 is 0 Å². The van der Waals surface area contributed by atoms with Crippen molar-refractivity contribution in [2.75, 3.05) is 7.11 Å². The number of thiazole rings is 1. The first-order valence-corrected chi connectivity index (χ1v) is 12.3. The highest BCUT2D eigenvalue weighted by Gasteiger charge is 2.32. The summed E-state index contributed by atoms with van der Waals surface area (Å²) in [5.41, 5.74) is 6.86. The molecule has 0 bridgehead atoms. The normalized spacial score (nSPS) is 16.7. The van der Waals surface area contributed by atoms with Gasteiger partial charge in [0.25, 0.3) is 5.56 Å². The lowest BCUT2D eigenvalue weighted by molar-refractivity contribution is 0.0600. The maximum Gasteiger partial charge on any atom is 0.337 e. The molecular formula is C29H22N2O3S. The van der Waals surface area contributed by atoms with Gasteiger partial charge in [0.2, 0.25) is 0 Å². The van der Waals surface area contributed by atoms with Crippen molar-refractivity contribution in [1.29, 1.82) is 0 Å². The van der Waals surface area contributed by atoms with Gasteiger partial charge < -0.3 is 4.74 Å². The van der Waals surface area contributed by atoms with E-state index in [4.69, 9.17) is 9.73 Å². The molecule has 2 aliphatic rings. The highest BCUT2D eigenvalue weighted by atomic mass is 32.1. The number of hydrogen-bond donors (Lipinski definition) is 0. The number of ether oxygens (including phenoxy) is 1. The molecule has 0 saturated carbocycles. The number of methoxy groups -OCH3 is 1. The molecule has 1 atom stereocenters. The van der Waals surface area contributed by atoms with E-state index in [1.54, 1.807) is 12.1 Å². The van der Waals surface area contributed by atoms with Crippen LogP contribution in [-0.2, 0) is 11.2 Å². The molecule has 6 heteroatoms. The molecule has 0 saturated heterocycles. The molecule has 1 aliphatic carbocycles. The van der Waals surface area contributed by atoms with Gasteiger partial charge in [-0.2, -0.15) is 0 Å². The lowest BCUT2D eigenvalue weighted by Gasteiger charge is -2.30. The number of carbonyl (C=O) groups is 1. The minimum Gasteiger partial charge on any atom is -0.465 e. The standard InChI is InChI=1S/C29H22N2O3S/c1-34-28(33)21-13-11-20(12-14-21)26-23-16-15-19-9-5-6-10-22(19)25(23)30-29-31(26)27(32)24(35-29)17-18-7-3-2-4-8-18/h2-14,17,26H,15-16H2,1H3. The number of fused-ring (bicyclic) bond motifs is 3. The van der Waals surface area contributed by atoms with Crippen LogP contribution in [0.1, 0.15) is 45.1 Å². The lowest BCUT2D eigenvalue weighted by atomic mass is 9.83. The Hall–Kier alpha value is -4.03. The summed E-state index contributed by atoms with van der Waals surface area (Å²) in [4.78, 5) is 31.4. The first-order valence-electron chi connectivity index (χ1n) is 11.5. The summed E-state index contributed by atoms with van der Waals surface area (Å²) in [5, 5.41) is 0. The predicted molar refractivity (Wildman–Crippen MR) is 137 cm³/mol. The van der Waals surface area contributed by atoms with Crippen LogP contribution in [0.3, 0.4) is 0 Å². The molecule has 0 radical (unpaired) electrons. The zero-order valence-electron chi connectivity index (χ0n) is 19.1. The average Bonchev–Trinajstić information content (AvgIpc) is 3.22. The summed E-state index contributed by atoms with van der Waals surface area (Å²) in [6, 6.07) is 25.3. The average molecular weight is 479 g/mol. The topological polar surface area (TPSA) is 60.7 Å². The van der Waals surface area contributed by atoms with E-state index in [2.05, 4.69) is 18.2 Å². The van der Waals surface area contributed by atoms with E-state index in [0.29, 0.717) is 14.9 Å². The molecule has 35 heavy (non-hydrogen) atoms. The molecule has 2 heterocycles. The number of rotatable bonds is 3. The molecule has 0 N–H and O–H groups in total. The molecule has 1 aromatic heterocycles. The number of nitrogens with zero attached hydrogens (tertiary/aromatic N) is 2. The minimum atomic E-state index is -0.380. The summed E-state index contributed by atoms with van der Waals surface area (Å²) in [7, 11) is 1.37. The fourth-order valence-electron chi connectivity index (χ4n) is 4.94. The van der Waals surface area contributed by atoms with Crippen molar-refractivity contribution in [1.82, 2.24) is 4.57 Å². The van der Waals surface area contributed by atoms with Crippen LogP contribution >= 0.6 is 11.3 Å². The van der Waals surface area contributed by atoms with Crippen LogP contribution in [0.5, 0.6) is 0 Å². The Morgan fingerprint density at radius 2 is 1.74 bits per heavy atom. The van der Waals surface area contributed by atoms with Crippen molar-refractivity contribution in [2.45, 2.75) is 18.9 Å². The summed E-state index contributed by atoms with van der Waals surface area (Å²) in [6.45, 7) is 0. The molecule has 172 valence electrons. The maximum absolute atomic E-state index is 13.7. The Morgan fingerprint density at radius 1 is 1.00 bits per heavy atom. The Balaban J connectivity index is 1.59. The summed E-state index contributed by atoms with van der Waals surface area (Å²) in [6.07, 6.45) is 3.65. The number of aromatic nitrogens is 1. The van der Waals surface area contributed by atoms with Crippen molar-refractivity contribution in [3.8, 4) is 0 Å². The Kier molecular flexibility index (Phi) is 5.30. The van der Waals surface area contributed by atoms with Crippen molar-refractivity contribution >= 4 is 29.1 Å². The first kappa shape index (κ1) is 21.5. The zero-order chi connectivity index (χ0) is 23.9. The van der Waals surface area contributed by atoms with Gasteiger partial charge in [-0.05, 0) is 53.3 Å². The molecule has 0 amide bonds. The van der Waals surface area contributed by atoms with Gasteiger partial charge in [0.1, 0.15) is 0 Å². The van der Waals surface area contributed by atoms with Crippen LogP contribution in [0.25, 0.3) is 11.8 Å². The maximum atomic E-state index is 13.7. The smallest absolute Gasteiger partial charge is 0.337 e. The lowest BCUT2D eigenvalue weighted by Crippen LogP contribution is -2.38. The highest BCUT2D eigenvalue weighted by Crippen LogP contribution is 2.41. The Bertz CT molecular complexity index is 1660. The Labute approximate surface area is 206 Å². The molecule has 1 aliphatic heterocycles. The summed E-state index contributed by atoms with van der Waals surface area (Å²) in [5.74, 6) is -0.380. The molecule has 1 unspecified atom stereocenters. The van der Waals surface area contributed by atoms with Gasteiger partial charge >= 0.3 is 5.97 Å². The number of hydrogen-bond acceptors (Lipinski definition) is 5. The third-order valence-electron chi connectivity index (χ3n) is 6.62. The van der Waals surface area contributed by atoms with Crippen LogP contribution in [0.4, 0.5) is 0 Å². The van der Waals surface area contributed by atoms with Gasteiger partial charge in [0.15, 0.2) is 4.80 Å². The second-order valence-corrected chi connectivity index (χ2v) is 9.65. The van der Waals surface area contributed by atoms with Crippen molar-refractivity contribution in [2.24, 2.45) is 4.99 Å². The van der Waals surface area contributed by atoms with Crippen LogP contribution in [0, 0.1) is 0 Å². The first-order chi connectivity index (χ1) is 17.1. The van der Waals surface area contributed by atoms with Crippen molar-refractivity contribution < 1.29 is 9.53 Å². The second-order valence-electron chi connectivity index (χ2n) is 8.64. The quantitative estimate of drug-likeness (QED) is 0.417. The van der Waals surface area contributed by atoms with Crippen LogP contribution in [-0.4, -0.2) is 17.6 Å². The number of benzene rings is 3. The zero-order valence-corrected chi connectivity index (χ0v) is 19.9. The van der Waals surface area contributed by atoms with E-state index in [9.17, 15) is 9.59 Å².